The summed E-state index contributed by atoms with van der Waals surface area (Å²) in [6.45, 7) is 7.88. The summed E-state index contributed by atoms with van der Waals surface area (Å²) in [6.07, 6.45) is 8.47. The number of thiazole rings is 1. The van der Waals surface area contributed by atoms with Crippen LogP contribution in [0.3, 0.4) is 0 Å². The number of fused-ring (bicyclic) bond motifs is 3. The van der Waals surface area contributed by atoms with Gasteiger partial charge in [0.05, 0.1) is 41.1 Å². The summed E-state index contributed by atoms with van der Waals surface area (Å²) in [7, 11) is -2.33. The highest BCUT2D eigenvalue weighted by Crippen LogP contribution is 2.57. The van der Waals surface area contributed by atoms with Crippen LogP contribution in [0.1, 0.15) is 102 Å². The average Bonchev–Trinajstić information content (AvgIpc) is 3.99. The van der Waals surface area contributed by atoms with E-state index in [2.05, 4.69) is 23.9 Å². The van der Waals surface area contributed by atoms with Crippen LogP contribution in [-0.4, -0.2) is 77.5 Å². The molecule has 2 saturated carbocycles. The molecule has 1 saturated heterocycles. The molecule has 0 spiro atoms. The Bertz CT molecular complexity index is 2500. The Morgan fingerprint density at radius 1 is 1.07 bits per heavy atom. The van der Waals surface area contributed by atoms with Crippen LogP contribution in [0.15, 0.2) is 60.0 Å². The van der Waals surface area contributed by atoms with E-state index in [1.807, 2.05) is 54.8 Å². The fraction of sp³-hybridized carbons (Fsp3) is 0.500. The maximum absolute atomic E-state index is 15.0. The largest absolute Gasteiger partial charge is 0.496 e. The number of anilines is 2. The maximum Gasteiger partial charge on any atom is 0.245 e. The second-order valence-electron chi connectivity index (χ2n) is 17.9. The first-order chi connectivity index (χ1) is 29.1. The van der Waals surface area contributed by atoms with Crippen LogP contribution >= 0.6 is 11.3 Å². The van der Waals surface area contributed by atoms with E-state index in [-0.39, 0.29) is 42.9 Å². The number of allylic oxidation sites excluding steroid dienone is 2. The number of nitrogens with zero attached hydrogens (tertiary/aromatic N) is 3. The summed E-state index contributed by atoms with van der Waals surface area (Å²) in [6, 6.07) is 11.3. The van der Waals surface area contributed by atoms with Crippen molar-refractivity contribution >= 4 is 61.2 Å². The molecule has 13 nitrogen and oxygen atoms in total. The highest BCUT2D eigenvalue weighted by atomic mass is 32.2. The van der Waals surface area contributed by atoms with Crippen molar-refractivity contribution in [1.82, 2.24) is 19.6 Å². The predicted octanol–water partition coefficient (Wildman–Crippen LogP) is 7.69. The van der Waals surface area contributed by atoms with Gasteiger partial charge in [-0.2, -0.15) is 0 Å². The molecule has 0 bridgehead atoms. The Morgan fingerprint density at radius 2 is 1.87 bits per heavy atom. The first-order valence-electron chi connectivity index (χ1n) is 21.4. The number of benzene rings is 2. The van der Waals surface area contributed by atoms with Gasteiger partial charge in [0.1, 0.15) is 34.3 Å². The Morgan fingerprint density at radius 3 is 2.59 bits per heavy atom. The third kappa shape index (κ3) is 8.60. The summed E-state index contributed by atoms with van der Waals surface area (Å²) in [4.78, 5) is 55.5. The number of pyridine rings is 1. The molecule has 324 valence electrons. The number of hydrogen-bond donors (Lipinski definition) is 3. The second kappa shape index (κ2) is 16.7. The zero-order valence-electron chi connectivity index (χ0n) is 35.5. The van der Waals surface area contributed by atoms with Crippen LogP contribution in [0.5, 0.6) is 11.5 Å². The lowest BCUT2D eigenvalue weighted by molar-refractivity contribution is -0.139. The number of hydrogen-bond acceptors (Lipinski definition) is 12. The highest BCUT2D eigenvalue weighted by molar-refractivity contribution is 7.91. The van der Waals surface area contributed by atoms with Crippen molar-refractivity contribution in [3.8, 4) is 22.2 Å². The quantitative estimate of drug-likeness (QED) is 0.105. The zero-order valence-corrected chi connectivity index (χ0v) is 37.2. The molecule has 2 aromatic carbocycles. The van der Waals surface area contributed by atoms with Gasteiger partial charge in [0.15, 0.2) is 5.78 Å². The molecule has 0 unspecified atom stereocenters. The van der Waals surface area contributed by atoms with Crippen LogP contribution in [0.25, 0.3) is 21.6 Å². The Hall–Kier alpha value is -5.02. The summed E-state index contributed by atoms with van der Waals surface area (Å²) in [5.41, 5.74) is 9.27. The molecule has 4 aliphatic rings. The Balaban J connectivity index is 1.15. The molecule has 2 amide bonds. The van der Waals surface area contributed by atoms with E-state index < -0.39 is 44.3 Å². The summed E-state index contributed by atoms with van der Waals surface area (Å²) < 4.78 is 40.6. The van der Waals surface area contributed by atoms with Crippen molar-refractivity contribution in [3.63, 3.8) is 0 Å². The number of nitrogens with one attached hydrogen (secondary N) is 2. The van der Waals surface area contributed by atoms with Crippen LogP contribution in [0, 0.1) is 18.3 Å². The van der Waals surface area contributed by atoms with Gasteiger partial charge in [0, 0.05) is 46.6 Å². The Labute approximate surface area is 361 Å². The van der Waals surface area contributed by atoms with Crippen molar-refractivity contribution in [2.75, 3.05) is 24.7 Å². The average molecular weight is 869 g/mol. The van der Waals surface area contributed by atoms with Gasteiger partial charge < -0.3 is 25.4 Å². The third-order valence-corrected chi connectivity index (χ3v) is 16.1. The van der Waals surface area contributed by atoms with Crippen molar-refractivity contribution in [2.24, 2.45) is 11.3 Å². The van der Waals surface area contributed by atoms with E-state index in [1.54, 1.807) is 31.1 Å². The minimum absolute atomic E-state index is 0.114. The molecule has 2 aliphatic heterocycles. The van der Waals surface area contributed by atoms with Crippen molar-refractivity contribution in [1.29, 1.82) is 0 Å². The molecule has 4 heterocycles. The van der Waals surface area contributed by atoms with Crippen LogP contribution in [0.2, 0.25) is 0 Å². The van der Waals surface area contributed by atoms with Crippen LogP contribution in [-0.2, 0) is 24.4 Å². The number of nitrogen functional groups attached to an aromatic ring is 1. The minimum atomic E-state index is -3.95. The molecule has 4 aromatic rings. The minimum Gasteiger partial charge on any atom is -0.496 e. The number of aryl methyl sites for hydroxylation is 1. The molecule has 15 heteroatoms. The summed E-state index contributed by atoms with van der Waals surface area (Å²) in [5, 5.41) is 6.95. The van der Waals surface area contributed by atoms with E-state index in [1.165, 1.54) is 11.3 Å². The summed E-state index contributed by atoms with van der Waals surface area (Å²) >= 11 is 1.51. The summed E-state index contributed by atoms with van der Waals surface area (Å²) in [5.74, 6) is -0.0562. The molecule has 4 N–H and O–H groups in total. The van der Waals surface area contributed by atoms with Crippen molar-refractivity contribution in [2.45, 2.75) is 121 Å². The zero-order chi connectivity index (χ0) is 43.3. The van der Waals surface area contributed by atoms with Gasteiger partial charge in [-0.15, -0.1) is 11.3 Å². The van der Waals surface area contributed by atoms with Crippen molar-refractivity contribution in [3.05, 3.63) is 71.3 Å². The number of aromatic nitrogens is 2. The van der Waals surface area contributed by atoms with Gasteiger partial charge in [-0.3, -0.25) is 19.1 Å². The number of rotatable bonds is 10. The topological polar surface area (TPSA) is 183 Å². The predicted molar refractivity (Wildman–Crippen MR) is 238 cm³/mol. The molecule has 61 heavy (non-hydrogen) atoms. The first kappa shape index (κ1) is 42.7. The number of ketones is 1. The number of carbonyl (C=O) groups is 3. The highest BCUT2D eigenvalue weighted by Gasteiger charge is 2.62. The molecular weight excluding hydrogens is 813 g/mol. The van der Waals surface area contributed by atoms with E-state index >= 15 is 0 Å². The number of carbonyl (C=O) groups excluding carboxylic acids is 3. The Kier molecular flexibility index (Phi) is 11.7. The molecule has 2 aromatic heterocycles. The van der Waals surface area contributed by atoms with Gasteiger partial charge in [0.2, 0.25) is 21.8 Å². The fourth-order valence-electron chi connectivity index (χ4n) is 8.77. The van der Waals surface area contributed by atoms with Gasteiger partial charge in [0.25, 0.3) is 0 Å². The van der Waals surface area contributed by atoms with Gasteiger partial charge >= 0.3 is 0 Å². The van der Waals surface area contributed by atoms with Gasteiger partial charge in [-0.1, -0.05) is 44.9 Å². The number of ether oxygens (including phenoxy) is 2. The van der Waals surface area contributed by atoms with Crippen molar-refractivity contribution < 1.29 is 32.3 Å². The number of Topliss-reactive ketones (excluding diaryl/α,β-unsaturated/α-hetero) is 1. The number of nitrogens with two attached hydrogens (primary N) is 1. The normalized spacial score (nSPS) is 25.8. The molecule has 3 fully saturated rings. The monoisotopic (exact) mass is 868 g/mol. The SMILES string of the molecule is COc1ccc2c(O[C@@H]3C[C@H]4C(=O)C[C@]5(C(=O)NS(=O)(=O)C6(C)CC6)C[C@@H]5/C=C\CCCCC[C@H](Nc5cccc(N)c5)C(=O)N4C3)cc(-c3nc(C(C)C)cs3)nc2c1C. The number of amides is 2. The molecular formula is C46H56N6O7S2. The van der Waals surface area contributed by atoms with Gasteiger partial charge in [-0.05, 0) is 94.5 Å². The van der Waals surface area contributed by atoms with E-state index in [0.29, 0.717) is 59.8 Å². The lowest BCUT2D eigenvalue weighted by Crippen LogP contribution is -2.49. The molecule has 0 radical (unpaired) electrons. The molecule has 8 rings (SSSR count). The standard InChI is InChI=1S/C46H56N6O7S2/c1-27(2)36-26-60-42(50-36)35-22-40(33-16-17-39(58-5)28(3)41(33)49-35)59-32-21-37-38(53)24-46(44(55)51-61(56,57)45(4)18-19-45)23-29(46)12-9-7-6-8-10-15-34(43(54)52(37)25-32)48-31-14-11-13-30(47)20-31/h9,11-14,16-17,20,22,26-27,29,32,34,37,48H,6-8,10,15,18-19,21,23-25,47H2,1-5H3,(H,51,55)/b12-9-/t29-,32+,34-,37-,46+/m0/s1. The lowest BCUT2D eigenvalue weighted by Gasteiger charge is -2.30. The lowest BCUT2D eigenvalue weighted by atomic mass is 9.91. The fourth-order valence-corrected chi connectivity index (χ4v) is 11.0. The van der Waals surface area contributed by atoms with Gasteiger partial charge in [-0.25, -0.2) is 18.4 Å². The smallest absolute Gasteiger partial charge is 0.245 e. The molecule has 5 atom stereocenters. The van der Waals surface area contributed by atoms with E-state index in [0.717, 1.165) is 47.3 Å². The number of sulfonamides is 1. The van der Waals surface area contributed by atoms with Crippen LogP contribution < -0.4 is 25.2 Å². The second-order valence-corrected chi connectivity index (χ2v) is 20.9. The third-order valence-electron chi connectivity index (χ3n) is 13.1. The van der Waals surface area contributed by atoms with E-state index in [9.17, 15) is 22.8 Å². The maximum atomic E-state index is 15.0. The van der Waals surface area contributed by atoms with E-state index in [4.69, 9.17) is 25.2 Å². The van der Waals surface area contributed by atoms with Crippen LogP contribution in [0.4, 0.5) is 11.4 Å². The number of methoxy groups -OCH3 is 1. The molecule has 2 aliphatic carbocycles. The first-order valence-corrected chi connectivity index (χ1v) is 23.8.